The van der Waals surface area contributed by atoms with Crippen molar-refractivity contribution >= 4 is 45.2 Å². The Kier molecular flexibility index (Phi) is 8.86. The van der Waals surface area contributed by atoms with Gasteiger partial charge >= 0.3 is 0 Å². The summed E-state index contributed by atoms with van der Waals surface area (Å²) in [5.41, 5.74) is 7.40. The van der Waals surface area contributed by atoms with Crippen molar-refractivity contribution in [2.45, 2.75) is 44.3 Å². The number of aryl methyl sites for hydroxylation is 2. The van der Waals surface area contributed by atoms with E-state index in [1.54, 1.807) is 11.8 Å². The number of anilines is 2. The lowest BCUT2D eigenvalue weighted by molar-refractivity contribution is -0.113. The third kappa shape index (κ3) is 6.74. The number of nitrogens with one attached hydrogen (secondary N) is 2. The fourth-order valence-corrected chi connectivity index (χ4v) is 6.20. The Morgan fingerprint density at radius 1 is 0.955 bits per heavy atom. The summed E-state index contributed by atoms with van der Waals surface area (Å²) in [6.07, 6.45) is 0. The number of hydrogen-bond acceptors (Lipinski definition) is 6. The molecule has 0 bridgehead atoms. The van der Waals surface area contributed by atoms with Crippen molar-refractivity contribution in [1.82, 2.24) is 14.8 Å². The molecule has 7 nitrogen and oxygen atoms in total. The smallest absolute Gasteiger partial charge is 0.255 e. The van der Waals surface area contributed by atoms with E-state index in [2.05, 4.69) is 44.8 Å². The molecule has 4 aromatic carbocycles. The molecule has 1 unspecified atom stereocenters. The molecule has 5 aromatic rings. The summed E-state index contributed by atoms with van der Waals surface area (Å²) >= 11 is 5.04. The van der Waals surface area contributed by atoms with Crippen LogP contribution in [0.5, 0.6) is 5.75 Å². The quantitative estimate of drug-likeness (QED) is 0.154. The second kappa shape index (κ2) is 13.1. The monoisotopic (exact) mass is 665 g/mol. The number of ether oxygens (including phenoxy) is 1. The van der Waals surface area contributed by atoms with Crippen LogP contribution in [-0.4, -0.2) is 20.7 Å². The van der Waals surface area contributed by atoms with Crippen molar-refractivity contribution in [3.05, 3.63) is 141 Å². The van der Waals surface area contributed by atoms with Crippen LogP contribution >= 0.6 is 27.7 Å². The minimum Gasteiger partial charge on any atom is -0.489 e. The number of carbonyl (C=O) groups is 1. The molecule has 0 spiro atoms. The van der Waals surface area contributed by atoms with E-state index in [4.69, 9.17) is 14.8 Å². The molecule has 0 fully saturated rings. The SMILES string of the molecule is CC1=C(C(=O)Nc2ccc(C)cc2C)C(c2ccc(OCc3ccc(Br)cc3)cc2)n2nc(SCc3ccccc3)nc2N1. The highest BCUT2D eigenvalue weighted by atomic mass is 79.9. The van der Waals surface area contributed by atoms with Crippen LogP contribution in [0.25, 0.3) is 0 Å². The van der Waals surface area contributed by atoms with E-state index < -0.39 is 6.04 Å². The topological polar surface area (TPSA) is 81.1 Å². The van der Waals surface area contributed by atoms with E-state index in [1.165, 1.54) is 5.56 Å². The van der Waals surface area contributed by atoms with E-state index in [0.29, 0.717) is 23.3 Å². The molecule has 1 atom stereocenters. The Morgan fingerprint density at radius 3 is 2.43 bits per heavy atom. The zero-order valence-corrected chi connectivity index (χ0v) is 27.1. The number of halogens is 1. The van der Waals surface area contributed by atoms with Crippen molar-refractivity contribution in [2.75, 3.05) is 10.6 Å². The molecule has 2 heterocycles. The van der Waals surface area contributed by atoms with Gasteiger partial charge in [0.25, 0.3) is 5.91 Å². The van der Waals surface area contributed by atoms with Gasteiger partial charge in [0.2, 0.25) is 11.1 Å². The van der Waals surface area contributed by atoms with Crippen molar-refractivity contribution < 1.29 is 9.53 Å². The Labute approximate surface area is 269 Å². The van der Waals surface area contributed by atoms with Gasteiger partial charge in [-0.3, -0.25) is 4.79 Å². The van der Waals surface area contributed by atoms with Gasteiger partial charge in [0.05, 0.1) is 5.57 Å². The molecule has 0 saturated heterocycles. The van der Waals surface area contributed by atoms with Crippen LogP contribution in [0.4, 0.5) is 11.6 Å². The molecule has 1 aliphatic heterocycles. The predicted octanol–water partition coefficient (Wildman–Crippen LogP) is 8.46. The Morgan fingerprint density at radius 2 is 1.70 bits per heavy atom. The number of aromatic nitrogens is 3. The molecular weight excluding hydrogens is 634 g/mol. The van der Waals surface area contributed by atoms with Gasteiger partial charge in [-0.05, 0) is 73.4 Å². The molecule has 1 amide bonds. The average Bonchev–Trinajstić information content (AvgIpc) is 3.43. The molecule has 44 heavy (non-hydrogen) atoms. The number of thioether (sulfide) groups is 1. The first kappa shape index (κ1) is 29.7. The van der Waals surface area contributed by atoms with Crippen LogP contribution < -0.4 is 15.4 Å². The maximum Gasteiger partial charge on any atom is 0.255 e. The van der Waals surface area contributed by atoms with E-state index in [1.807, 2.05) is 104 Å². The lowest BCUT2D eigenvalue weighted by Gasteiger charge is -2.29. The number of nitrogens with zero attached hydrogens (tertiary/aromatic N) is 3. The van der Waals surface area contributed by atoms with Gasteiger partial charge < -0.3 is 15.4 Å². The second-order valence-electron chi connectivity index (χ2n) is 10.8. The van der Waals surface area contributed by atoms with Crippen molar-refractivity contribution in [1.29, 1.82) is 0 Å². The number of carbonyl (C=O) groups excluding carboxylic acids is 1. The van der Waals surface area contributed by atoms with Crippen LogP contribution in [0.1, 0.15) is 40.8 Å². The molecule has 0 saturated carbocycles. The van der Waals surface area contributed by atoms with Crippen molar-refractivity contribution in [3.63, 3.8) is 0 Å². The third-order valence-electron chi connectivity index (χ3n) is 7.43. The van der Waals surface area contributed by atoms with Gasteiger partial charge in [0.1, 0.15) is 18.4 Å². The summed E-state index contributed by atoms with van der Waals surface area (Å²) in [6.45, 7) is 6.41. The first-order valence-corrected chi connectivity index (χ1v) is 16.1. The lowest BCUT2D eigenvalue weighted by Crippen LogP contribution is -2.31. The maximum absolute atomic E-state index is 14.0. The fourth-order valence-electron chi connectivity index (χ4n) is 5.15. The van der Waals surface area contributed by atoms with Crippen molar-refractivity contribution in [3.8, 4) is 5.75 Å². The number of hydrogen-bond donors (Lipinski definition) is 2. The minimum atomic E-state index is -0.490. The van der Waals surface area contributed by atoms with E-state index >= 15 is 0 Å². The first-order chi connectivity index (χ1) is 21.3. The van der Waals surface area contributed by atoms with E-state index in [0.717, 1.165) is 49.6 Å². The molecular formula is C35H32BrN5O2S. The van der Waals surface area contributed by atoms with Gasteiger partial charge in [-0.15, -0.1) is 5.10 Å². The Bertz CT molecular complexity index is 1820. The zero-order chi connectivity index (χ0) is 30.6. The summed E-state index contributed by atoms with van der Waals surface area (Å²) in [5, 5.41) is 12.0. The van der Waals surface area contributed by atoms with Gasteiger partial charge in [-0.2, -0.15) is 4.98 Å². The van der Waals surface area contributed by atoms with Gasteiger partial charge in [0.15, 0.2) is 0 Å². The highest BCUT2D eigenvalue weighted by Gasteiger charge is 2.34. The number of benzene rings is 4. The molecule has 0 aliphatic carbocycles. The second-order valence-corrected chi connectivity index (χ2v) is 12.6. The van der Waals surface area contributed by atoms with Crippen LogP contribution in [0.3, 0.4) is 0 Å². The summed E-state index contributed by atoms with van der Waals surface area (Å²) in [5.74, 6) is 1.89. The zero-order valence-electron chi connectivity index (χ0n) is 24.7. The molecule has 1 aliphatic rings. The number of rotatable bonds is 9. The first-order valence-electron chi connectivity index (χ1n) is 14.3. The molecule has 0 radical (unpaired) electrons. The highest BCUT2D eigenvalue weighted by Crippen LogP contribution is 2.38. The number of fused-ring (bicyclic) bond motifs is 1. The maximum atomic E-state index is 14.0. The Balaban J connectivity index is 1.30. The average molecular weight is 667 g/mol. The van der Waals surface area contributed by atoms with Crippen LogP contribution in [0.2, 0.25) is 0 Å². The van der Waals surface area contributed by atoms with Gasteiger partial charge in [0, 0.05) is 21.6 Å². The fraction of sp³-hybridized carbons (Fsp3) is 0.171. The summed E-state index contributed by atoms with van der Waals surface area (Å²) < 4.78 is 8.91. The van der Waals surface area contributed by atoms with Crippen LogP contribution in [0.15, 0.2) is 118 Å². The number of allylic oxidation sites excluding steroid dienone is 1. The van der Waals surface area contributed by atoms with Gasteiger partial charge in [-0.25, -0.2) is 4.68 Å². The van der Waals surface area contributed by atoms with E-state index in [9.17, 15) is 4.79 Å². The summed E-state index contributed by atoms with van der Waals surface area (Å²) in [4.78, 5) is 18.8. The molecule has 222 valence electrons. The van der Waals surface area contributed by atoms with Crippen LogP contribution in [-0.2, 0) is 17.2 Å². The standard InChI is InChI=1S/C35H32BrN5O2S/c1-22-9-18-30(23(2)19-22)38-33(42)31-24(3)37-34-39-35(44-21-26-7-5-4-6-8-26)40-41(34)32(31)27-12-16-29(17-13-27)43-20-25-10-14-28(36)15-11-25/h4-19,32H,20-21H2,1-3H3,(H,38,42)(H,37,39,40). The normalized spacial score (nSPS) is 14.1. The summed E-state index contributed by atoms with van der Waals surface area (Å²) in [6, 6.07) is 31.7. The highest BCUT2D eigenvalue weighted by molar-refractivity contribution is 9.10. The summed E-state index contributed by atoms with van der Waals surface area (Å²) in [7, 11) is 0. The van der Waals surface area contributed by atoms with Crippen molar-refractivity contribution in [2.24, 2.45) is 0 Å². The van der Waals surface area contributed by atoms with Crippen LogP contribution in [0, 0.1) is 13.8 Å². The minimum absolute atomic E-state index is 0.192. The molecule has 1 aromatic heterocycles. The van der Waals surface area contributed by atoms with Gasteiger partial charge in [-0.1, -0.05) is 100.0 Å². The molecule has 6 rings (SSSR count). The molecule has 2 N–H and O–H groups in total. The predicted molar refractivity (Wildman–Crippen MR) is 180 cm³/mol. The third-order valence-corrected chi connectivity index (χ3v) is 8.87. The Hall–Kier alpha value is -4.34. The largest absolute Gasteiger partial charge is 0.489 e. The number of amides is 1. The molecule has 9 heteroatoms. The van der Waals surface area contributed by atoms with E-state index in [-0.39, 0.29) is 5.91 Å². The lowest BCUT2D eigenvalue weighted by atomic mass is 9.94.